The van der Waals surface area contributed by atoms with Gasteiger partial charge in [0.05, 0.1) is 17.9 Å². The van der Waals surface area contributed by atoms with Crippen LogP contribution in [0.1, 0.15) is 31.7 Å². The van der Waals surface area contributed by atoms with Crippen LogP contribution in [0.4, 0.5) is 0 Å². The van der Waals surface area contributed by atoms with Crippen LogP contribution in [0.25, 0.3) is 10.9 Å². The maximum atomic E-state index is 12.4. The van der Waals surface area contributed by atoms with Crippen LogP contribution in [0.5, 0.6) is 5.75 Å². The molecule has 5 nitrogen and oxygen atoms in total. The van der Waals surface area contributed by atoms with Crippen LogP contribution >= 0.6 is 11.8 Å². The van der Waals surface area contributed by atoms with E-state index in [1.54, 1.807) is 0 Å². The zero-order valence-electron chi connectivity index (χ0n) is 14.5. The fourth-order valence-electron chi connectivity index (χ4n) is 2.99. The largest absolute Gasteiger partial charge is 0.494 e. The minimum atomic E-state index is 0.161. The van der Waals surface area contributed by atoms with Gasteiger partial charge in [0.25, 0.3) is 0 Å². The third-order valence-corrected chi connectivity index (χ3v) is 5.28. The molecule has 1 aliphatic rings. The SMILES string of the molecule is CCOc1ccc2nc(SCC(=O)N3CCCCC3)c(C=N)cc2c1. The Labute approximate surface area is 152 Å². The summed E-state index contributed by atoms with van der Waals surface area (Å²) in [5.41, 5.74) is 1.58. The maximum Gasteiger partial charge on any atom is 0.232 e. The molecule has 1 aromatic heterocycles. The number of hydrogen-bond donors (Lipinski definition) is 1. The van der Waals surface area contributed by atoms with E-state index in [9.17, 15) is 4.79 Å². The van der Waals surface area contributed by atoms with Crippen molar-refractivity contribution in [2.24, 2.45) is 0 Å². The standard InChI is InChI=1S/C19H23N3O2S/c1-2-24-16-6-7-17-14(11-16)10-15(12-20)19(21-17)25-13-18(23)22-8-4-3-5-9-22/h6-7,10-12,20H,2-5,8-9,13H2,1H3. The van der Waals surface area contributed by atoms with E-state index in [1.165, 1.54) is 24.4 Å². The first kappa shape index (κ1) is 17.7. The van der Waals surface area contributed by atoms with Crippen molar-refractivity contribution in [3.63, 3.8) is 0 Å². The van der Waals surface area contributed by atoms with Crippen LogP contribution < -0.4 is 4.74 Å². The number of hydrogen-bond acceptors (Lipinski definition) is 5. The number of amides is 1. The molecule has 6 heteroatoms. The number of rotatable bonds is 6. The van der Waals surface area contributed by atoms with Gasteiger partial charge in [-0.2, -0.15) is 0 Å². The average molecular weight is 357 g/mol. The van der Waals surface area contributed by atoms with E-state index >= 15 is 0 Å². The normalized spacial score (nSPS) is 14.5. The maximum absolute atomic E-state index is 12.4. The lowest BCUT2D eigenvalue weighted by molar-refractivity contribution is -0.129. The predicted octanol–water partition coefficient (Wildman–Crippen LogP) is 3.74. The van der Waals surface area contributed by atoms with Gasteiger partial charge in [-0.1, -0.05) is 11.8 Å². The summed E-state index contributed by atoms with van der Waals surface area (Å²) in [6.45, 7) is 4.29. The Morgan fingerprint density at radius 1 is 1.32 bits per heavy atom. The zero-order chi connectivity index (χ0) is 17.6. The summed E-state index contributed by atoms with van der Waals surface area (Å²) >= 11 is 1.42. The number of aromatic nitrogens is 1. The van der Waals surface area contributed by atoms with E-state index < -0.39 is 0 Å². The van der Waals surface area contributed by atoms with Gasteiger partial charge >= 0.3 is 0 Å². The molecule has 0 bridgehead atoms. The molecule has 0 atom stereocenters. The molecule has 2 aromatic rings. The minimum absolute atomic E-state index is 0.161. The molecule has 25 heavy (non-hydrogen) atoms. The number of benzene rings is 1. The lowest BCUT2D eigenvalue weighted by atomic mass is 10.1. The molecule has 1 aromatic carbocycles. The molecule has 2 heterocycles. The Morgan fingerprint density at radius 2 is 2.12 bits per heavy atom. The Morgan fingerprint density at radius 3 is 2.84 bits per heavy atom. The van der Waals surface area contributed by atoms with Gasteiger partial charge in [-0.05, 0) is 50.5 Å². The second kappa shape index (κ2) is 8.34. The molecule has 1 saturated heterocycles. The van der Waals surface area contributed by atoms with Crippen molar-refractivity contribution in [3.8, 4) is 5.75 Å². The summed E-state index contributed by atoms with van der Waals surface area (Å²) in [6, 6.07) is 7.69. The molecule has 1 fully saturated rings. The highest BCUT2D eigenvalue weighted by atomic mass is 32.2. The van der Waals surface area contributed by atoms with E-state index in [4.69, 9.17) is 10.1 Å². The zero-order valence-corrected chi connectivity index (χ0v) is 15.3. The number of carbonyl (C=O) groups excluding carboxylic acids is 1. The summed E-state index contributed by atoms with van der Waals surface area (Å²) in [7, 11) is 0. The van der Waals surface area contributed by atoms with Crippen molar-refractivity contribution in [2.75, 3.05) is 25.4 Å². The van der Waals surface area contributed by atoms with Gasteiger partial charge in [-0.25, -0.2) is 4.98 Å². The van der Waals surface area contributed by atoms with Gasteiger partial charge in [0.15, 0.2) is 0 Å². The molecule has 0 radical (unpaired) electrons. The first-order valence-electron chi connectivity index (χ1n) is 8.70. The molecule has 0 spiro atoms. The van der Waals surface area contributed by atoms with Crippen molar-refractivity contribution < 1.29 is 9.53 Å². The highest BCUT2D eigenvalue weighted by molar-refractivity contribution is 8.00. The Balaban J connectivity index is 1.76. The van der Waals surface area contributed by atoms with Gasteiger partial charge in [-0.3, -0.25) is 4.79 Å². The third-order valence-electron chi connectivity index (χ3n) is 4.29. The van der Waals surface area contributed by atoms with Gasteiger partial charge < -0.3 is 15.0 Å². The molecular weight excluding hydrogens is 334 g/mol. The van der Waals surface area contributed by atoms with E-state index in [-0.39, 0.29) is 5.91 Å². The van der Waals surface area contributed by atoms with E-state index in [0.29, 0.717) is 12.4 Å². The number of likely N-dealkylation sites (tertiary alicyclic amines) is 1. The summed E-state index contributed by atoms with van der Waals surface area (Å²) in [5.74, 6) is 1.33. The number of nitrogens with zero attached hydrogens (tertiary/aromatic N) is 2. The van der Waals surface area contributed by atoms with E-state index in [1.807, 2.05) is 36.1 Å². The highest BCUT2D eigenvalue weighted by Crippen LogP contribution is 2.27. The molecular formula is C19H23N3O2S. The first-order valence-corrected chi connectivity index (χ1v) is 9.68. The third kappa shape index (κ3) is 4.31. The van der Waals surface area contributed by atoms with Crippen molar-refractivity contribution in [2.45, 2.75) is 31.2 Å². The second-order valence-electron chi connectivity index (χ2n) is 6.04. The van der Waals surface area contributed by atoms with E-state index in [2.05, 4.69) is 4.98 Å². The Bertz CT molecular complexity index is 773. The van der Waals surface area contributed by atoms with Gasteiger partial charge in [0, 0.05) is 30.3 Å². The summed E-state index contributed by atoms with van der Waals surface area (Å²) in [6.07, 6.45) is 4.70. The second-order valence-corrected chi connectivity index (χ2v) is 7.01. The fourth-order valence-corrected chi connectivity index (χ4v) is 3.88. The fraction of sp³-hybridized carbons (Fsp3) is 0.421. The molecule has 0 unspecified atom stereocenters. The molecule has 1 aliphatic heterocycles. The molecule has 1 amide bonds. The van der Waals surface area contributed by atoms with Gasteiger partial charge in [0.2, 0.25) is 5.91 Å². The number of fused-ring (bicyclic) bond motifs is 1. The quantitative estimate of drug-likeness (QED) is 0.632. The molecule has 132 valence electrons. The number of nitrogens with one attached hydrogen (secondary N) is 1. The number of piperidine rings is 1. The van der Waals surface area contributed by atoms with Crippen molar-refractivity contribution in [1.29, 1.82) is 5.41 Å². The van der Waals surface area contributed by atoms with Crippen LogP contribution in [0.15, 0.2) is 29.3 Å². The molecule has 1 N–H and O–H groups in total. The smallest absolute Gasteiger partial charge is 0.232 e. The summed E-state index contributed by atoms with van der Waals surface area (Å²) in [4.78, 5) is 18.9. The summed E-state index contributed by atoms with van der Waals surface area (Å²) in [5, 5.41) is 9.35. The summed E-state index contributed by atoms with van der Waals surface area (Å²) < 4.78 is 5.52. The number of thioether (sulfide) groups is 1. The van der Waals surface area contributed by atoms with Crippen molar-refractivity contribution >= 4 is 34.8 Å². The molecule has 3 rings (SSSR count). The van der Waals surface area contributed by atoms with Gasteiger partial charge in [-0.15, -0.1) is 0 Å². The van der Waals surface area contributed by atoms with Crippen LogP contribution in [0, 0.1) is 5.41 Å². The van der Waals surface area contributed by atoms with E-state index in [0.717, 1.165) is 53.2 Å². The van der Waals surface area contributed by atoms with Crippen LogP contribution in [-0.4, -0.2) is 47.5 Å². The number of carbonyl (C=O) groups is 1. The Kier molecular flexibility index (Phi) is 5.91. The lowest BCUT2D eigenvalue weighted by Crippen LogP contribution is -2.36. The monoisotopic (exact) mass is 357 g/mol. The van der Waals surface area contributed by atoms with Crippen LogP contribution in [0.2, 0.25) is 0 Å². The molecule has 0 aliphatic carbocycles. The van der Waals surface area contributed by atoms with Crippen LogP contribution in [-0.2, 0) is 4.79 Å². The topological polar surface area (TPSA) is 66.3 Å². The minimum Gasteiger partial charge on any atom is -0.494 e. The van der Waals surface area contributed by atoms with Crippen LogP contribution in [0.3, 0.4) is 0 Å². The lowest BCUT2D eigenvalue weighted by Gasteiger charge is -2.26. The number of pyridine rings is 1. The van der Waals surface area contributed by atoms with Gasteiger partial charge in [0.1, 0.15) is 10.8 Å². The van der Waals surface area contributed by atoms with Crippen molar-refractivity contribution in [1.82, 2.24) is 9.88 Å². The Hall–Kier alpha value is -2.08. The highest BCUT2D eigenvalue weighted by Gasteiger charge is 2.17. The average Bonchev–Trinajstić information content (AvgIpc) is 2.66. The number of ether oxygens (including phenoxy) is 1. The first-order chi connectivity index (χ1) is 12.2. The predicted molar refractivity (Wildman–Crippen MR) is 102 cm³/mol. The van der Waals surface area contributed by atoms with Crippen molar-refractivity contribution in [3.05, 3.63) is 29.8 Å². The molecule has 0 saturated carbocycles.